The zero-order valence-electron chi connectivity index (χ0n) is 11.4. The summed E-state index contributed by atoms with van der Waals surface area (Å²) < 4.78 is 1.72. The van der Waals surface area contributed by atoms with Gasteiger partial charge in [-0.05, 0) is 20.3 Å². The molecule has 1 amide bonds. The van der Waals surface area contributed by atoms with Crippen LogP contribution in [0.5, 0.6) is 0 Å². The van der Waals surface area contributed by atoms with Gasteiger partial charge in [0.05, 0.1) is 18.3 Å². The van der Waals surface area contributed by atoms with Gasteiger partial charge in [-0.1, -0.05) is 0 Å². The number of nitrogens with zero attached hydrogens (tertiary/aromatic N) is 2. The number of amides is 1. The molecule has 1 heterocycles. The number of nitrogens with one attached hydrogen (secondary N) is 1. The summed E-state index contributed by atoms with van der Waals surface area (Å²) in [5.41, 5.74) is 7.52. The minimum absolute atomic E-state index is 0.116. The first-order valence-corrected chi connectivity index (χ1v) is 6.09. The Morgan fingerprint density at radius 3 is 2.68 bits per heavy atom. The molecule has 0 aliphatic carbocycles. The molecule has 0 aromatic carbocycles. The Bertz CT molecular complexity index is 470. The maximum Gasteiger partial charge on any atom is 0.303 e. The molecule has 106 valence electrons. The van der Waals surface area contributed by atoms with E-state index in [1.54, 1.807) is 10.9 Å². The molecule has 0 radical (unpaired) electrons. The van der Waals surface area contributed by atoms with Crippen molar-refractivity contribution in [2.24, 2.45) is 12.8 Å². The first kappa shape index (κ1) is 15.2. The molecule has 0 saturated carbocycles. The van der Waals surface area contributed by atoms with Crippen molar-refractivity contribution >= 4 is 11.9 Å². The fraction of sp³-hybridized carbons (Fsp3) is 0.583. The van der Waals surface area contributed by atoms with Crippen LogP contribution in [0.25, 0.3) is 0 Å². The second kappa shape index (κ2) is 6.33. The van der Waals surface area contributed by atoms with Gasteiger partial charge < -0.3 is 16.2 Å². The highest BCUT2D eigenvalue weighted by molar-refractivity contribution is 5.82. The molecule has 0 aliphatic heterocycles. The van der Waals surface area contributed by atoms with E-state index in [9.17, 15) is 9.59 Å². The van der Waals surface area contributed by atoms with E-state index < -0.39 is 12.0 Å². The van der Waals surface area contributed by atoms with Gasteiger partial charge in [0.2, 0.25) is 5.91 Å². The third-order valence-electron chi connectivity index (χ3n) is 3.10. The fourth-order valence-electron chi connectivity index (χ4n) is 1.75. The second-order valence-electron chi connectivity index (χ2n) is 4.58. The standard InChI is InChI=1S/C12H20N4O3/c1-7(9-6-14-16(3)8(9)2)15-12(19)10(13)4-5-11(17)18/h6-7,10H,4-5,13H2,1-3H3,(H,15,19)(H,17,18). The second-order valence-corrected chi connectivity index (χ2v) is 4.58. The van der Waals surface area contributed by atoms with Crippen molar-refractivity contribution in [1.29, 1.82) is 0 Å². The van der Waals surface area contributed by atoms with Crippen molar-refractivity contribution in [2.75, 3.05) is 0 Å². The summed E-state index contributed by atoms with van der Waals surface area (Å²) in [6, 6.07) is -1.02. The lowest BCUT2D eigenvalue weighted by molar-refractivity contribution is -0.137. The number of carboxylic acids is 1. The summed E-state index contributed by atoms with van der Waals surface area (Å²) in [5, 5.41) is 15.4. The summed E-state index contributed by atoms with van der Waals surface area (Å²) in [5.74, 6) is -1.31. The van der Waals surface area contributed by atoms with Gasteiger partial charge in [-0.3, -0.25) is 14.3 Å². The molecule has 7 nitrogen and oxygen atoms in total. The number of aryl methyl sites for hydroxylation is 1. The summed E-state index contributed by atoms with van der Waals surface area (Å²) in [4.78, 5) is 22.2. The molecule has 19 heavy (non-hydrogen) atoms. The number of aromatic nitrogens is 2. The van der Waals surface area contributed by atoms with Crippen LogP contribution in [0.2, 0.25) is 0 Å². The third kappa shape index (κ3) is 4.06. The largest absolute Gasteiger partial charge is 0.481 e. The molecule has 0 bridgehead atoms. The Morgan fingerprint density at radius 2 is 2.21 bits per heavy atom. The normalized spacial score (nSPS) is 13.9. The summed E-state index contributed by atoms with van der Waals surface area (Å²) in [7, 11) is 1.83. The van der Waals surface area contributed by atoms with Crippen LogP contribution in [-0.4, -0.2) is 32.8 Å². The summed E-state index contributed by atoms with van der Waals surface area (Å²) in [6.07, 6.45) is 1.71. The minimum atomic E-state index is -0.959. The maximum absolute atomic E-state index is 11.8. The van der Waals surface area contributed by atoms with Crippen molar-refractivity contribution in [3.63, 3.8) is 0 Å². The highest BCUT2D eigenvalue weighted by atomic mass is 16.4. The van der Waals surface area contributed by atoms with Crippen LogP contribution in [0.3, 0.4) is 0 Å². The van der Waals surface area contributed by atoms with E-state index >= 15 is 0 Å². The van der Waals surface area contributed by atoms with Gasteiger partial charge in [-0.15, -0.1) is 0 Å². The number of carbonyl (C=O) groups excluding carboxylic acids is 1. The molecular formula is C12H20N4O3. The Balaban J connectivity index is 2.56. The first-order valence-electron chi connectivity index (χ1n) is 6.09. The van der Waals surface area contributed by atoms with Gasteiger partial charge in [0.15, 0.2) is 0 Å². The monoisotopic (exact) mass is 268 g/mol. The van der Waals surface area contributed by atoms with Crippen molar-refractivity contribution in [1.82, 2.24) is 15.1 Å². The summed E-state index contributed by atoms with van der Waals surface area (Å²) in [6.45, 7) is 3.75. The maximum atomic E-state index is 11.8. The van der Waals surface area contributed by atoms with Gasteiger partial charge in [0.25, 0.3) is 0 Å². The number of carboxylic acid groups (broad SMARTS) is 1. The molecule has 4 N–H and O–H groups in total. The molecule has 0 aliphatic rings. The average Bonchev–Trinajstić information content (AvgIpc) is 2.66. The predicted octanol–water partition coefficient (Wildman–Crippen LogP) is 0.0978. The summed E-state index contributed by atoms with van der Waals surface area (Å²) >= 11 is 0. The molecule has 2 unspecified atom stereocenters. The van der Waals surface area contributed by atoms with Crippen molar-refractivity contribution in [2.45, 2.75) is 38.8 Å². The zero-order chi connectivity index (χ0) is 14.6. The van der Waals surface area contributed by atoms with Crippen LogP contribution in [-0.2, 0) is 16.6 Å². The van der Waals surface area contributed by atoms with E-state index in [1.807, 2.05) is 20.9 Å². The zero-order valence-corrected chi connectivity index (χ0v) is 11.4. The van der Waals surface area contributed by atoms with Gasteiger partial charge in [0.1, 0.15) is 0 Å². The van der Waals surface area contributed by atoms with Crippen LogP contribution < -0.4 is 11.1 Å². The van der Waals surface area contributed by atoms with Crippen LogP contribution >= 0.6 is 0 Å². The van der Waals surface area contributed by atoms with Crippen molar-refractivity contribution < 1.29 is 14.7 Å². The van der Waals surface area contributed by atoms with Crippen LogP contribution in [0.1, 0.15) is 37.1 Å². The lowest BCUT2D eigenvalue weighted by Gasteiger charge is -2.17. The number of carbonyl (C=O) groups is 2. The van der Waals surface area contributed by atoms with Crippen molar-refractivity contribution in [3.05, 3.63) is 17.5 Å². The van der Waals surface area contributed by atoms with E-state index in [-0.39, 0.29) is 24.8 Å². The van der Waals surface area contributed by atoms with E-state index in [0.717, 1.165) is 11.3 Å². The Kier molecular flexibility index (Phi) is 5.05. The Labute approximate surface area is 111 Å². The molecule has 0 spiro atoms. The fourth-order valence-corrected chi connectivity index (χ4v) is 1.75. The van der Waals surface area contributed by atoms with Gasteiger partial charge in [0, 0.05) is 24.7 Å². The molecule has 0 saturated heterocycles. The lowest BCUT2D eigenvalue weighted by Crippen LogP contribution is -2.41. The SMILES string of the molecule is Cc1c(C(C)NC(=O)C(N)CCC(=O)O)cnn1C. The molecule has 2 atom stereocenters. The topological polar surface area (TPSA) is 110 Å². The molecular weight excluding hydrogens is 248 g/mol. The minimum Gasteiger partial charge on any atom is -0.481 e. The number of nitrogens with two attached hydrogens (primary N) is 1. The third-order valence-corrected chi connectivity index (χ3v) is 3.10. The Hall–Kier alpha value is -1.89. The van der Waals surface area contributed by atoms with Crippen molar-refractivity contribution in [3.8, 4) is 0 Å². The van der Waals surface area contributed by atoms with E-state index in [0.29, 0.717) is 0 Å². The predicted molar refractivity (Wildman–Crippen MR) is 69.3 cm³/mol. The van der Waals surface area contributed by atoms with Crippen LogP contribution in [0, 0.1) is 6.92 Å². The first-order chi connectivity index (χ1) is 8.82. The molecule has 1 rings (SSSR count). The molecule has 0 fully saturated rings. The van der Waals surface area contributed by atoms with E-state index in [4.69, 9.17) is 10.8 Å². The van der Waals surface area contributed by atoms with Crippen LogP contribution in [0.4, 0.5) is 0 Å². The molecule has 7 heteroatoms. The van der Waals surface area contributed by atoms with Gasteiger partial charge in [-0.25, -0.2) is 0 Å². The molecule has 1 aromatic rings. The lowest BCUT2D eigenvalue weighted by atomic mass is 10.1. The van der Waals surface area contributed by atoms with E-state index in [1.165, 1.54) is 0 Å². The highest BCUT2D eigenvalue weighted by Gasteiger charge is 2.19. The Morgan fingerprint density at radius 1 is 1.58 bits per heavy atom. The smallest absolute Gasteiger partial charge is 0.303 e. The highest BCUT2D eigenvalue weighted by Crippen LogP contribution is 2.16. The van der Waals surface area contributed by atoms with Gasteiger partial charge in [-0.2, -0.15) is 5.10 Å². The molecule has 1 aromatic heterocycles. The average molecular weight is 268 g/mol. The van der Waals surface area contributed by atoms with Crippen LogP contribution in [0.15, 0.2) is 6.20 Å². The van der Waals surface area contributed by atoms with E-state index in [2.05, 4.69) is 10.4 Å². The number of hydrogen-bond donors (Lipinski definition) is 3. The number of aliphatic carboxylic acids is 1. The van der Waals surface area contributed by atoms with Gasteiger partial charge >= 0.3 is 5.97 Å². The number of rotatable bonds is 6. The number of hydrogen-bond acceptors (Lipinski definition) is 4. The quantitative estimate of drug-likeness (QED) is 0.677.